The molecule has 0 aromatic heterocycles. The summed E-state index contributed by atoms with van der Waals surface area (Å²) in [4.78, 5) is 13.1. The van der Waals surface area contributed by atoms with Gasteiger partial charge in [0.15, 0.2) is 5.78 Å². The SMILES string of the molecule is C=C1CC[C@@](O)(C(=O)[C@@H]2CCCN2)C/C1=C/C=C1CCC[C@@]2(C)C1CC[C@@H]2[C@H](C)CCCC(C)C. The van der Waals surface area contributed by atoms with Crippen LogP contribution in [0.2, 0.25) is 0 Å². The molecule has 3 saturated carbocycles. The third-order valence-electron chi connectivity index (χ3n) is 10.3. The van der Waals surface area contributed by atoms with Crippen molar-refractivity contribution in [2.75, 3.05) is 6.54 Å². The summed E-state index contributed by atoms with van der Waals surface area (Å²) in [5.41, 5.74) is 2.97. The van der Waals surface area contributed by atoms with Gasteiger partial charge in [-0.15, -0.1) is 0 Å². The molecule has 3 nitrogen and oxygen atoms in total. The highest BCUT2D eigenvalue weighted by Gasteiger charge is 2.50. The molecule has 2 N–H and O–H groups in total. The van der Waals surface area contributed by atoms with Gasteiger partial charge in [-0.3, -0.25) is 4.79 Å². The fourth-order valence-corrected chi connectivity index (χ4v) is 8.14. The Kier molecular flexibility index (Phi) is 8.48. The molecular formula is C32H51NO2. The van der Waals surface area contributed by atoms with Gasteiger partial charge in [-0.05, 0) is 99.0 Å². The van der Waals surface area contributed by atoms with E-state index >= 15 is 0 Å². The van der Waals surface area contributed by atoms with Crippen LogP contribution in [0.4, 0.5) is 0 Å². The quantitative estimate of drug-likeness (QED) is 0.382. The van der Waals surface area contributed by atoms with Crippen LogP contribution in [0, 0.1) is 29.1 Å². The van der Waals surface area contributed by atoms with Crippen LogP contribution in [0.3, 0.4) is 0 Å². The zero-order chi connectivity index (χ0) is 25.2. The van der Waals surface area contributed by atoms with Gasteiger partial charge in [0.1, 0.15) is 5.60 Å². The smallest absolute Gasteiger partial charge is 0.181 e. The van der Waals surface area contributed by atoms with Gasteiger partial charge in [-0.1, -0.05) is 76.8 Å². The number of nitrogens with one attached hydrogen (secondary N) is 1. The van der Waals surface area contributed by atoms with Gasteiger partial charge in [0.05, 0.1) is 6.04 Å². The molecule has 1 unspecified atom stereocenters. The van der Waals surface area contributed by atoms with Crippen molar-refractivity contribution in [3.05, 3.63) is 35.5 Å². The number of Topliss-reactive ketones (excluding diaryl/α,β-unsaturated/α-hetero) is 1. The first-order valence-electron chi connectivity index (χ1n) is 14.7. The minimum atomic E-state index is -1.24. The molecule has 0 aromatic rings. The molecule has 35 heavy (non-hydrogen) atoms. The van der Waals surface area contributed by atoms with Crippen molar-refractivity contribution in [1.29, 1.82) is 0 Å². The van der Waals surface area contributed by atoms with E-state index in [-0.39, 0.29) is 11.8 Å². The Labute approximate surface area is 214 Å². The molecule has 0 aromatic carbocycles. The molecule has 1 aliphatic heterocycles. The Morgan fingerprint density at radius 2 is 1.91 bits per heavy atom. The molecule has 6 atom stereocenters. The topological polar surface area (TPSA) is 49.3 Å². The zero-order valence-electron chi connectivity index (χ0n) is 23.0. The summed E-state index contributed by atoms with van der Waals surface area (Å²) < 4.78 is 0. The maximum atomic E-state index is 13.1. The molecule has 1 saturated heterocycles. The number of carbonyl (C=O) groups is 1. The van der Waals surface area contributed by atoms with Gasteiger partial charge in [0.25, 0.3) is 0 Å². The fourth-order valence-electron chi connectivity index (χ4n) is 8.14. The van der Waals surface area contributed by atoms with E-state index in [1.807, 2.05) is 0 Å². The maximum absolute atomic E-state index is 13.1. The van der Waals surface area contributed by atoms with Crippen LogP contribution in [-0.2, 0) is 4.79 Å². The third kappa shape index (κ3) is 5.72. The first kappa shape index (κ1) is 26.9. The molecule has 0 spiro atoms. The molecule has 4 rings (SSSR count). The van der Waals surface area contributed by atoms with E-state index in [1.165, 1.54) is 51.4 Å². The fraction of sp³-hybridized carbons (Fsp3) is 0.781. The number of allylic oxidation sites excluding steroid dienone is 4. The van der Waals surface area contributed by atoms with Crippen LogP contribution in [-0.4, -0.2) is 29.1 Å². The van der Waals surface area contributed by atoms with Crippen molar-refractivity contribution < 1.29 is 9.90 Å². The van der Waals surface area contributed by atoms with Gasteiger partial charge < -0.3 is 10.4 Å². The maximum Gasteiger partial charge on any atom is 0.181 e. The van der Waals surface area contributed by atoms with Crippen LogP contribution in [0.5, 0.6) is 0 Å². The number of fused-ring (bicyclic) bond motifs is 1. The average Bonchev–Trinajstić information content (AvgIpc) is 3.47. The molecule has 4 aliphatic rings. The summed E-state index contributed by atoms with van der Waals surface area (Å²) in [5.74, 6) is 3.14. The van der Waals surface area contributed by atoms with Crippen molar-refractivity contribution in [2.45, 2.75) is 123 Å². The van der Waals surface area contributed by atoms with E-state index in [4.69, 9.17) is 0 Å². The van der Waals surface area contributed by atoms with Gasteiger partial charge in [-0.2, -0.15) is 0 Å². The molecule has 3 heteroatoms. The summed E-state index contributed by atoms with van der Waals surface area (Å²) in [7, 11) is 0. The van der Waals surface area contributed by atoms with Crippen molar-refractivity contribution in [1.82, 2.24) is 5.32 Å². The van der Waals surface area contributed by atoms with E-state index in [9.17, 15) is 9.90 Å². The Bertz CT molecular complexity index is 848. The van der Waals surface area contributed by atoms with E-state index in [0.717, 1.165) is 48.3 Å². The summed E-state index contributed by atoms with van der Waals surface area (Å²) >= 11 is 0. The summed E-state index contributed by atoms with van der Waals surface area (Å²) in [6.45, 7) is 15.0. The number of ketones is 1. The Morgan fingerprint density at radius 1 is 1.11 bits per heavy atom. The first-order chi connectivity index (χ1) is 16.6. The third-order valence-corrected chi connectivity index (χ3v) is 10.3. The first-order valence-corrected chi connectivity index (χ1v) is 14.7. The lowest BCUT2D eigenvalue weighted by atomic mass is 9.60. The van der Waals surface area contributed by atoms with Crippen molar-refractivity contribution >= 4 is 5.78 Å². The molecule has 1 heterocycles. The van der Waals surface area contributed by atoms with Crippen LogP contribution in [0.1, 0.15) is 111 Å². The lowest BCUT2D eigenvalue weighted by Crippen LogP contribution is -2.50. The second-order valence-electron chi connectivity index (χ2n) is 13.2. The van der Waals surface area contributed by atoms with Crippen molar-refractivity contribution in [3.63, 3.8) is 0 Å². The number of carbonyl (C=O) groups excluding carboxylic acids is 1. The van der Waals surface area contributed by atoms with Crippen molar-refractivity contribution in [3.8, 4) is 0 Å². The highest BCUT2D eigenvalue weighted by molar-refractivity contribution is 5.92. The van der Waals surface area contributed by atoms with Crippen LogP contribution in [0.15, 0.2) is 35.5 Å². The minimum absolute atomic E-state index is 0.00335. The van der Waals surface area contributed by atoms with Gasteiger partial charge in [0, 0.05) is 6.42 Å². The molecule has 3 aliphatic carbocycles. The van der Waals surface area contributed by atoms with Crippen LogP contribution < -0.4 is 5.32 Å². The van der Waals surface area contributed by atoms with Gasteiger partial charge in [-0.25, -0.2) is 0 Å². The van der Waals surface area contributed by atoms with Crippen LogP contribution in [0.25, 0.3) is 0 Å². The lowest BCUT2D eigenvalue weighted by molar-refractivity contribution is -0.140. The molecule has 4 fully saturated rings. The predicted octanol–water partition coefficient (Wildman–Crippen LogP) is 7.31. The van der Waals surface area contributed by atoms with Crippen molar-refractivity contribution in [2.24, 2.45) is 29.1 Å². The lowest BCUT2D eigenvalue weighted by Gasteiger charge is -2.44. The van der Waals surface area contributed by atoms with Crippen LogP contribution >= 0.6 is 0 Å². The Morgan fingerprint density at radius 3 is 2.63 bits per heavy atom. The Balaban J connectivity index is 1.46. The second kappa shape index (κ2) is 11.1. The normalized spacial score (nSPS) is 38.9. The highest BCUT2D eigenvalue weighted by Crippen LogP contribution is 2.60. The number of hydrogen-bond donors (Lipinski definition) is 2. The monoisotopic (exact) mass is 481 g/mol. The molecule has 0 bridgehead atoms. The van der Waals surface area contributed by atoms with E-state index in [1.54, 1.807) is 5.57 Å². The average molecular weight is 482 g/mol. The standard InChI is InChI=1S/C32H51NO2/c1-22(2)9-6-10-24(4)27-15-16-28-25(11-7-18-31(27,28)5)13-14-26-21-32(35,19-17-23(26)3)30(34)29-12-8-20-33-29/h13-14,22,24,27-29,33,35H,3,6-12,15-21H2,1-2,4-5H3/b25-13?,26-14-/t24-,27-,28?,29+,31-,32+/m1/s1. The summed E-state index contributed by atoms with van der Waals surface area (Å²) in [6.07, 6.45) is 18.7. The molecule has 0 amide bonds. The number of rotatable bonds is 8. The summed E-state index contributed by atoms with van der Waals surface area (Å²) in [6, 6.07) is -0.178. The number of hydrogen-bond acceptors (Lipinski definition) is 3. The van der Waals surface area contributed by atoms with E-state index in [0.29, 0.717) is 30.6 Å². The Hall–Kier alpha value is -1.19. The van der Waals surface area contributed by atoms with E-state index < -0.39 is 5.60 Å². The van der Waals surface area contributed by atoms with Gasteiger partial charge >= 0.3 is 0 Å². The predicted molar refractivity (Wildman–Crippen MR) is 146 cm³/mol. The highest BCUT2D eigenvalue weighted by atomic mass is 16.3. The second-order valence-corrected chi connectivity index (χ2v) is 13.2. The zero-order valence-corrected chi connectivity index (χ0v) is 23.0. The largest absolute Gasteiger partial charge is 0.382 e. The molecular weight excluding hydrogens is 430 g/mol. The molecule has 196 valence electrons. The summed E-state index contributed by atoms with van der Waals surface area (Å²) in [5, 5.41) is 14.6. The molecule has 0 radical (unpaired) electrons. The number of aliphatic hydroxyl groups is 1. The van der Waals surface area contributed by atoms with Gasteiger partial charge in [0.2, 0.25) is 0 Å². The minimum Gasteiger partial charge on any atom is -0.382 e. The van der Waals surface area contributed by atoms with E-state index in [2.05, 4.69) is 51.7 Å².